The molecule has 0 aromatic heterocycles. The molecule has 1 amide bonds. The van der Waals surface area contributed by atoms with Gasteiger partial charge in [0.25, 0.3) is 5.91 Å². The molecule has 0 bridgehead atoms. The highest BCUT2D eigenvalue weighted by atomic mass is 16.5. The monoisotopic (exact) mass is 363 g/mol. The smallest absolute Gasteiger partial charge is 0.266 e. The van der Waals surface area contributed by atoms with Gasteiger partial charge in [-0.1, -0.05) is 36.4 Å². The maximum atomic E-state index is 12.2. The van der Waals surface area contributed by atoms with Gasteiger partial charge in [-0.15, -0.1) is 0 Å². The second kappa shape index (κ2) is 7.83. The lowest BCUT2D eigenvalue weighted by molar-refractivity contribution is -0.133. The minimum atomic E-state index is -1.38. The van der Waals surface area contributed by atoms with Crippen molar-refractivity contribution in [2.45, 2.75) is 12.5 Å². The number of rotatable bonds is 7. The molecule has 0 aliphatic rings. The number of hydrogen-bond donors (Lipinski definition) is 1. The van der Waals surface area contributed by atoms with Crippen LogP contribution in [-0.4, -0.2) is 13.0 Å². The van der Waals surface area contributed by atoms with E-state index in [1.165, 1.54) is 7.11 Å². The fourth-order valence-corrected chi connectivity index (χ4v) is 2.71. The van der Waals surface area contributed by atoms with Crippen molar-refractivity contribution >= 4 is 5.91 Å². The first kappa shape index (κ1) is 18.3. The van der Waals surface area contributed by atoms with Gasteiger partial charge in [0.2, 0.25) is 5.60 Å². The van der Waals surface area contributed by atoms with Gasteiger partial charge in [0.05, 0.1) is 7.11 Å². The predicted molar refractivity (Wildman–Crippen MR) is 103 cm³/mol. The Morgan fingerprint density at radius 3 is 2.00 bits per heavy atom. The molecule has 1 unspecified atom stereocenters. The SMILES string of the molecule is COc1ccccc1C(C)(Oc1ccc(Oc2ccccc2)cc1)C(N)=O. The quantitative estimate of drug-likeness (QED) is 0.681. The highest BCUT2D eigenvalue weighted by molar-refractivity contribution is 5.85. The van der Waals surface area contributed by atoms with Crippen molar-refractivity contribution in [2.75, 3.05) is 7.11 Å². The van der Waals surface area contributed by atoms with E-state index >= 15 is 0 Å². The van der Waals surface area contributed by atoms with Crippen molar-refractivity contribution in [2.24, 2.45) is 5.73 Å². The Morgan fingerprint density at radius 1 is 0.815 bits per heavy atom. The van der Waals surface area contributed by atoms with Gasteiger partial charge in [-0.25, -0.2) is 0 Å². The van der Waals surface area contributed by atoms with E-state index in [2.05, 4.69) is 0 Å². The Morgan fingerprint density at radius 2 is 1.37 bits per heavy atom. The molecule has 138 valence electrons. The highest BCUT2D eigenvalue weighted by Crippen LogP contribution is 2.35. The molecule has 27 heavy (non-hydrogen) atoms. The number of methoxy groups -OCH3 is 1. The van der Waals surface area contributed by atoms with Crippen LogP contribution in [0.1, 0.15) is 12.5 Å². The lowest BCUT2D eigenvalue weighted by Gasteiger charge is -2.29. The zero-order valence-electron chi connectivity index (χ0n) is 15.2. The summed E-state index contributed by atoms with van der Waals surface area (Å²) in [6.45, 7) is 1.63. The van der Waals surface area contributed by atoms with E-state index in [9.17, 15) is 4.79 Å². The maximum absolute atomic E-state index is 12.2. The van der Waals surface area contributed by atoms with Crippen LogP contribution in [0.2, 0.25) is 0 Å². The van der Waals surface area contributed by atoms with Crippen molar-refractivity contribution in [3.8, 4) is 23.0 Å². The molecule has 3 aromatic carbocycles. The van der Waals surface area contributed by atoms with Crippen LogP contribution >= 0.6 is 0 Å². The minimum Gasteiger partial charge on any atom is -0.496 e. The third kappa shape index (κ3) is 4.03. The van der Waals surface area contributed by atoms with Crippen molar-refractivity contribution in [1.29, 1.82) is 0 Å². The van der Waals surface area contributed by atoms with Crippen LogP contribution in [0.5, 0.6) is 23.0 Å². The van der Waals surface area contributed by atoms with Crippen molar-refractivity contribution in [3.63, 3.8) is 0 Å². The Hall–Kier alpha value is -3.47. The van der Waals surface area contributed by atoms with Crippen molar-refractivity contribution < 1.29 is 19.0 Å². The highest BCUT2D eigenvalue weighted by Gasteiger charge is 2.38. The molecule has 3 aromatic rings. The molecule has 0 heterocycles. The Kier molecular flexibility index (Phi) is 5.31. The summed E-state index contributed by atoms with van der Waals surface area (Å²) in [5, 5.41) is 0. The van der Waals surface area contributed by atoms with Gasteiger partial charge < -0.3 is 19.9 Å². The fraction of sp³-hybridized carbons (Fsp3) is 0.136. The lowest BCUT2D eigenvalue weighted by Crippen LogP contribution is -2.43. The number of nitrogens with two attached hydrogens (primary N) is 1. The average molecular weight is 363 g/mol. The number of carbonyl (C=O) groups is 1. The number of ether oxygens (including phenoxy) is 3. The third-order valence-electron chi connectivity index (χ3n) is 4.22. The molecule has 3 rings (SSSR count). The molecule has 1 atom stereocenters. The first-order valence-electron chi connectivity index (χ1n) is 8.48. The van der Waals surface area contributed by atoms with Gasteiger partial charge in [0.15, 0.2) is 0 Å². The summed E-state index contributed by atoms with van der Waals surface area (Å²) in [5.74, 6) is 1.80. The maximum Gasteiger partial charge on any atom is 0.266 e. The summed E-state index contributed by atoms with van der Waals surface area (Å²) in [6, 6.07) is 23.6. The van der Waals surface area contributed by atoms with Gasteiger partial charge in [-0.3, -0.25) is 4.79 Å². The molecule has 0 radical (unpaired) electrons. The van der Waals surface area contributed by atoms with Crippen LogP contribution in [0.25, 0.3) is 0 Å². The van der Waals surface area contributed by atoms with E-state index in [4.69, 9.17) is 19.9 Å². The largest absolute Gasteiger partial charge is 0.496 e. The molecule has 0 fully saturated rings. The van der Waals surface area contributed by atoms with Gasteiger partial charge in [0.1, 0.15) is 23.0 Å². The van der Waals surface area contributed by atoms with E-state index in [1.54, 1.807) is 49.4 Å². The standard InChI is InChI=1S/C22H21NO4/c1-22(21(23)24,19-10-6-7-11-20(19)25-2)27-18-14-12-17(13-15-18)26-16-8-4-3-5-9-16/h3-15H,1-2H3,(H2,23,24). The van der Waals surface area contributed by atoms with Crippen LogP contribution in [-0.2, 0) is 10.4 Å². The van der Waals surface area contributed by atoms with Gasteiger partial charge >= 0.3 is 0 Å². The van der Waals surface area contributed by atoms with E-state index < -0.39 is 11.5 Å². The Balaban J connectivity index is 1.84. The van der Waals surface area contributed by atoms with E-state index in [0.29, 0.717) is 22.8 Å². The summed E-state index contributed by atoms with van der Waals surface area (Å²) >= 11 is 0. The summed E-state index contributed by atoms with van der Waals surface area (Å²) in [6.07, 6.45) is 0. The molecular formula is C22H21NO4. The number of hydrogen-bond acceptors (Lipinski definition) is 4. The van der Waals surface area contributed by atoms with Crippen LogP contribution < -0.4 is 19.9 Å². The Bertz CT molecular complexity index is 909. The summed E-state index contributed by atoms with van der Waals surface area (Å²) < 4.78 is 17.1. The third-order valence-corrected chi connectivity index (χ3v) is 4.22. The zero-order chi connectivity index (χ0) is 19.3. The van der Waals surface area contributed by atoms with Crippen LogP contribution in [0.4, 0.5) is 0 Å². The first-order valence-corrected chi connectivity index (χ1v) is 8.48. The molecule has 5 heteroatoms. The molecule has 0 saturated carbocycles. The van der Waals surface area contributed by atoms with E-state index in [-0.39, 0.29) is 0 Å². The minimum absolute atomic E-state index is 0.489. The Labute approximate surface area is 158 Å². The number of carbonyl (C=O) groups excluding carboxylic acids is 1. The van der Waals surface area contributed by atoms with Crippen molar-refractivity contribution in [1.82, 2.24) is 0 Å². The molecule has 0 saturated heterocycles. The second-order valence-corrected chi connectivity index (χ2v) is 6.09. The van der Waals surface area contributed by atoms with Gasteiger partial charge in [-0.2, -0.15) is 0 Å². The van der Waals surface area contributed by atoms with Gasteiger partial charge in [0, 0.05) is 5.56 Å². The van der Waals surface area contributed by atoms with E-state index in [0.717, 1.165) is 5.75 Å². The van der Waals surface area contributed by atoms with Crippen LogP contribution in [0, 0.1) is 0 Å². The molecular weight excluding hydrogens is 342 g/mol. The summed E-state index contributed by atoms with van der Waals surface area (Å²) in [5.41, 5.74) is 4.84. The topological polar surface area (TPSA) is 70.8 Å². The summed E-state index contributed by atoms with van der Waals surface area (Å²) in [4.78, 5) is 12.2. The number of benzene rings is 3. The van der Waals surface area contributed by atoms with Crippen LogP contribution in [0.3, 0.4) is 0 Å². The summed E-state index contributed by atoms with van der Waals surface area (Å²) in [7, 11) is 1.54. The zero-order valence-corrected chi connectivity index (χ0v) is 15.2. The number of amides is 1. The van der Waals surface area contributed by atoms with E-state index in [1.807, 2.05) is 36.4 Å². The molecule has 5 nitrogen and oxygen atoms in total. The molecule has 0 spiro atoms. The average Bonchev–Trinajstić information content (AvgIpc) is 2.70. The normalized spacial score (nSPS) is 12.7. The molecule has 0 aliphatic heterocycles. The second-order valence-electron chi connectivity index (χ2n) is 6.09. The number of para-hydroxylation sites is 2. The molecule has 0 aliphatic carbocycles. The molecule has 2 N–H and O–H groups in total. The fourth-order valence-electron chi connectivity index (χ4n) is 2.71. The number of primary amides is 1. The van der Waals surface area contributed by atoms with Crippen LogP contribution in [0.15, 0.2) is 78.9 Å². The lowest BCUT2D eigenvalue weighted by atomic mass is 9.94. The predicted octanol–water partition coefficient (Wildman–Crippen LogP) is 4.27. The van der Waals surface area contributed by atoms with Crippen molar-refractivity contribution in [3.05, 3.63) is 84.4 Å². The van der Waals surface area contributed by atoms with Gasteiger partial charge in [-0.05, 0) is 49.4 Å². The first-order chi connectivity index (χ1) is 13.0.